The molecule has 2 aromatic rings. The number of Topliss-reactive ketones (excluding diaryl/α,β-unsaturated/α-hetero) is 1. The zero-order chi connectivity index (χ0) is 18.0. The van der Waals surface area contributed by atoms with Crippen molar-refractivity contribution >= 4 is 15.8 Å². The van der Waals surface area contributed by atoms with Crippen LogP contribution < -0.4 is 0 Å². The highest BCUT2D eigenvalue weighted by Crippen LogP contribution is 2.26. The minimum Gasteiger partial charge on any atom is -0.294 e. The van der Waals surface area contributed by atoms with Crippen molar-refractivity contribution in [1.29, 1.82) is 0 Å². The van der Waals surface area contributed by atoms with E-state index in [-0.39, 0.29) is 29.7 Å². The molecule has 1 aliphatic rings. The average molecular weight is 365 g/mol. The first-order chi connectivity index (χ1) is 11.9. The number of piperidine rings is 1. The average Bonchev–Trinajstić information content (AvgIpc) is 2.62. The topological polar surface area (TPSA) is 54.5 Å². The van der Waals surface area contributed by atoms with Crippen LogP contribution in [0, 0.1) is 17.6 Å². The quantitative estimate of drug-likeness (QED) is 0.782. The van der Waals surface area contributed by atoms with Gasteiger partial charge in [-0.3, -0.25) is 4.79 Å². The molecule has 0 radical (unpaired) electrons. The molecular weight excluding hydrogens is 348 g/mol. The highest BCUT2D eigenvalue weighted by molar-refractivity contribution is 7.89. The Balaban J connectivity index is 1.68. The summed E-state index contributed by atoms with van der Waals surface area (Å²) in [6.07, 6.45) is 0.799. The number of halogens is 2. The van der Waals surface area contributed by atoms with Crippen LogP contribution in [0.4, 0.5) is 8.78 Å². The van der Waals surface area contributed by atoms with Crippen LogP contribution in [0.25, 0.3) is 0 Å². The molecule has 0 unspecified atom stereocenters. The fraction of sp³-hybridized carbons (Fsp3) is 0.278. The van der Waals surface area contributed by atoms with E-state index in [1.807, 2.05) is 0 Å². The van der Waals surface area contributed by atoms with E-state index >= 15 is 0 Å². The highest BCUT2D eigenvalue weighted by Gasteiger charge is 2.32. The minimum absolute atomic E-state index is 0.0391. The predicted molar refractivity (Wildman–Crippen MR) is 88.6 cm³/mol. The first-order valence-corrected chi connectivity index (χ1v) is 9.37. The number of ketones is 1. The maximum absolute atomic E-state index is 13.0. The Bertz CT molecular complexity index is 856. The van der Waals surface area contributed by atoms with Crippen LogP contribution in [-0.4, -0.2) is 31.6 Å². The predicted octanol–water partition coefficient (Wildman–Crippen LogP) is 3.25. The monoisotopic (exact) mass is 365 g/mol. The van der Waals surface area contributed by atoms with Gasteiger partial charge in [-0.05, 0) is 61.4 Å². The molecule has 25 heavy (non-hydrogen) atoms. The Labute approximate surface area is 145 Å². The van der Waals surface area contributed by atoms with Crippen molar-refractivity contribution in [1.82, 2.24) is 4.31 Å². The first-order valence-electron chi connectivity index (χ1n) is 7.93. The second kappa shape index (κ2) is 7.01. The molecule has 0 aromatic heterocycles. The van der Waals surface area contributed by atoms with E-state index in [1.54, 1.807) is 0 Å². The molecule has 0 N–H and O–H groups in total. The van der Waals surface area contributed by atoms with Crippen molar-refractivity contribution in [2.24, 2.45) is 5.92 Å². The van der Waals surface area contributed by atoms with Gasteiger partial charge < -0.3 is 0 Å². The Kier molecular flexibility index (Phi) is 4.96. The molecule has 0 aliphatic carbocycles. The fourth-order valence-corrected chi connectivity index (χ4v) is 4.43. The molecule has 0 atom stereocenters. The smallest absolute Gasteiger partial charge is 0.243 e. The summed E-state index contributed by atoms with van der Waals surface area (Å²) in [5, 5.41) is 0. The Morgan fingerprint density at radius 3 is 1.88 bits per heavy atom. The zero-order valence-corrected chi connectivity index (χ0v) is 14.2. The van der Waals surface area contributed by atoms with Crippen LogP contribution >= 0.6 is 0 Å². The molecule has 1 aliphatic heterocycles. The molecule has 7 heteroatoms. The van der Waals surface area contributed by atoms with Crippen LogP contribution in [0.2, 0.25) is 0 Å². The second-order valence-electron chi connectivity index (χ2n) is 6.00. The standard InChI is InChI=1S/C18H17F2NO3S/c19-15-3-1-13(2-4-15)18(22)14-9-11-21(12-10-14)25(23,24)17-7-5-16(20)6-8-17/h1-8,14H,9-12H2. The van der Waals surface area contributed by atoms with Gasteiger partial charge >= 0.3 is 0 Å². The van der Waals surface area contributed by atoms with Crippen LogP contribution in [0.15, 0.2) is 53.4 Å². The summed E-state index contributed by atoms with van der Waals surface area (Å²) in [6, 6.07) is 10.1. The number of hydrogen-bond donors (Lipinski definition) is 0. The molecule has 1 fully saturated rings. The largest absolute Gasteiger partial charge is 0.294 e. The number of nitrogens with zero attached hydrogens (tertiary/aromatic N) is 1. The lowest BCUT2D eigenvalue weighted by Gasteiger charge is -2.30. The van der Waals surface area contributed by atoms with Gasteiger partial charge in [0.1, 0.15) is 11.6 Å². The third-order valence-electron chi connectivity index (χ3n) is 4.40. The molecule has 0 amide bonds. The van der Waals surface area contributed by atoms with Crippen LogP contribution in [-0.2, 0) is 10.0 Å². The van der Waals surface area contributed by atoms with Gasteiger partial charge in [0.05, 0.1) is 4.90 Å². The van der Waals surface area contributed by atoms with Gasteiger partial charge in [0.15, 0.2) is 5.78 Å². The van der Waals surface area contributed by atoms with Crippen molar-refractivity contribution in [2.75, 3.05) is 13.1 Å². The van der Waals surface area contributed by atoms with Crippen molar-refractivity contribution < 1.29 is 22.0 Å². The van der Waals surface area contributed by atoms with Crippen molar-refractivity contribution in [2.45, 2.75) is 17.7 Å². The van der Waals surface area contributed by atoms with E-state index < -0.39 is 21.7 Å². The first kappa shape index (κ1) is 17.7. The lowest BCUT2D eigenvalue weighted by atomic mass is 9.90. The van der Waals surface area contributed by atoms with Gasteiger partial charge in [-0.1, -0.05) is 0 Å². The SMILES string of the molecule is O=C(c1ccc(F)cc1)C1CCN(S(=O)(=O)c2ccc(F)cc2)CC1. The third-order valence-corrected chi connectivity index (χ3v) is 6.32. The Morgan fingerprint density at radius 2 is 1.36 bits per heavy atom. The maximum Gasteiger partial charge on any atom is 0.243 e. The number of hydrogen-bond acceptors (Lipinski definition) is 3. The molecule has 0 saturated carbocycles. The zero-order valence-electron chi connectivity index (χ0n) is 13.4. The van der Waals surface area contributed by atoms with Crippen LogP contribution in [0.1, 0.15) is 23.2 Å². The molecule has 0 spiro atoms. The molecular formula is C18H17F2NO3S. The molecule has 132 valence electrons. The number of carbonyl (C=O) groups is 1. The van der Waals surface area contributed by atoms with Crippen molar-refractivity contribution in [3.8, 4) is 0 Å². The van der Waals surface area contributed by atoms with E-state index in [0.717, 1.165) is 12.1 Å². The van der Waals surface area contributed by atoms with Gasteiger partial charge in [-0.15, -0.1) is 0 Å². The van der Waals surface area contributed by atoms with Gasteiger partial charge in [0.2, 0.25) is 10.0 Å². The molecule has 4 nitrogen and oxygen atoms in total. The van der Waals surface area contributed by atoms with E-state index in [9.17, 15) is 22.0 Å². The van der Waals surface area contributed by atoms with Crippen molar-refractivity contribution in [3.63, 3.8) is 0 Å². The van der Waals surface area contributed by atoms with Crippen LogP contribution in [0.3, 0.4) is 0 Å². The summed E-state index contributed by atoms with van der Waals surface area (Å²) in [6.45, 7) is 0.439. The molecule has 1 heterocycles. The summed E-state index contributed by atoms with van der Waals surface area (Å²) < 4.78 is 52.4. The molecule has 1 saturated heterocycles. The van der Waals surface area contributed by atoms with Gasteiger partial charge in [-0.2, -0.15) is 4.31 Å². The summed E-state index contributed by atoms with van der Waals surface area (Å²) in [4.78, 5) is 12.5. The number of sulfonamides is 1. The second-order valence-corrected chi connectivity index (χ2v) is 7.94. The summed E-state index contributed by atoms with van der Waals surface area (Å²) in [5.41, 5.74) is 0.432. The Morgan fingerprint density at radius 1 is 0.880 bits per heavy atom. The van der Waals surface area contributed by atoms with E-state index in [2.05, 4.69) is 0 Å². The summed E-state index contributed by atoms with van der Waals surface area (Å²) in [5.74, 6) is -1.29. The van der Waals surface area contributed by atoms with Gasteiger partial charge in [0, 0.05) is 24.6 Å². The van der Waals surface area contributed by atoms with E-state index in [4.69, 9.17) is 0 Å². The summed E-state index contributed by atoms with van der Waals surface area (Å²) >= 11 is 0. The molecule has 3 rings (SSSR count). The number of carbonyl (C=O) groups excluding carboxylic acids is 1. The minimum atomic E-state index is -3.69. The lowest BCUT2D eigenvalue weighted by Crippen LogP contribution is -2.40. The lowest BCUT2D eigenvalue weighted by molar-refractivity contribution is 0.0875. The number of rotatable bonds is 4. The highest BCUT2D eigenvalue weighted by atomic mass is 32.2. The third kappa shape index (κ3) is 3.77. The van der Waals surface area contributed by atoms with Crippen LogP contribution in [0.5, 0.6) is 0 Å². The maximum atomic E-state index is 13.0. The van der Waals surface area contributed by atoms with Gasteiger partial charge in [-0.25, -0.2) is 17.2 Å². The summed E-state index contributed by atoms with van der Waals surface area (Å²) in [7, 11) is -3.69. The normalized spacial score (nSPS) is 16.7. The number of benzene rings is 2. The van der Waals surface area contributed by atoms with Gasteiger partial charge in [0.25, 0.3) is 0 Å². The fourth-order valence-electron chi connectivity index (χ4n) is 2.96. The van der Waals surface area contributed by atoms with Crippen molar-refractivity contribution in [3.05, 3.63) is 65.7 Å². The molecule has 2 aromatic carbocycles. The Hall–Kier alpha value is -2.12. The van der Waals surface area contributed by atoms with E-state index in [0.29, 0.717) is 18.4 Å². The van der Waals surface area contributed by atoms with E-state index in [1.165, 1.54) is 40.7 Å². The molecule has 0 bridgehead atoms.